The first kappa shape index (κ1) is 15.5. The van der Waals surface area contributed by atoms with Gasteiger partial charge in [0.1, 0.15) is 5.75 Å². The quantitative estimate of drug-likeness (QED) is 0.726. The van der Waals surface area contributed by atoms with E-state index in [-0.39, 0.29) is 13.2 Å². The molecule has 0 aromatic heterocycles. The molecule has 0 aliphatic rings. The molecule has 4 N–H and O–H groups in total. The van der Waals surface area contributed by atoms with Gasteiger partial charge in [-0.05, 0) is 23.3 Å². The average Bonchev–Trinajstić information content (AvgIpc) is 2.55. The Balaban J connectivity index is 1.97. The fourth-order valence-electron chi connectivity index (χ4n) is 2.17. The first-order chi connectivity index (χ1) is 10.2. The fraction of sp³-hybridized carbons (Fsp3) is 0.294. The van der Waals surface area contributed by atoms with Crippen LogP contribution >= 0.6 is 0 Å². The Bertz CT molecular complexity index is 559. The third-order valence-corrected chi connectivity index (χ3v) is 3.53. The SMILES string of the molecule is NC(CO)(CCOc1cccc(CO)c1)c1ccccc1. The van der Waals surface area contributed by atoms with Crippen molar-refractivity contribution in [2.24, 2.45) is 5.73 Å². The van der Waals surface area contributed by atoms with Crippen molar-refractivity contribution in [3.8, 4) is 5.75 Å². The van der Waals surface area contributed by atoms with Gasteiger partial charge in [0.2, 0.25) is 0 Å². The summed E-state index contributed by atoms with van der Waals surface area (Å²) >= 11 is 0. The van der Waals surface area contributed by atoms with E-state index in [9.17, 15) is 5.11 Å². The smallest absolute Gasteiger partial charge is 0.119 e. The van der Waals surface area contributed by atoms with Crippen molar-refractivity contribution >= 4 is 0 Å². The van der Waals surface area contributed by atoms with Crippen LogP contribution in [0.4, 0.5) is 0 Å². The molecule has 0 bridgehead atoms. The molecule has 4 nitrogen and oxygen atoms in total. The molecule has 2 aromatic rings. The average molecular weight is 287 g/mol. The lowest BCUT2D eigenvalue weighted by Gasteiger charge is -2.27. The van der Waals surface area contributed by atoms with Gasteiger partial charge in [0.15, 0.2) is 0 Å². The van der Waals surface area contributed by atoms with Crippen LogP contribution in [-0.4, -0.2) is 23.4 Å². The molecule has 0 saturated heterocycles. The highest BCUT2D eigenvalue weighted by molar-refractivity contribution is 5.28. The van der Waals surface area contributed by atoms with Gasteiger partial charge in [0.05, 0.1) is 25.4 Å². The zero-order chi connectivity index (χ0) is 15.1. The maximum atomic E-state index is 9.60. The Morgan fingerprint density at radius 1 is 1.00 bits per heavy atom. The van der Waals surface area contributed by atoms with Crippen molar-refractivity contribution < 1.29 is 14.9 Å². The van der Waals surface area contributed by atoms with Gasteiger partial charge in [0, 0.05) is 6.42 Å². The Labute approximate surface area is 124 Å². The van der Waals surface area contributed by atoms with Crippen LogP contribution < -0.4 is 10.5 Å². The first-order valence-electron chi connectivity index (χ1n) is 6.96. The summed E-state index contributed by atoms with van der Waals surface area (Å²) in [5.74, 6) is 0.690. The molecule has 0 radical (unpaired) electrons. The van der Waals surface area contributed by atoms with Crippen LogP contribution in [0.25, 0.3) is 0 Å². The topological polar surface area (TPSA) is 75.7 Å². The van der Waals surface area contributed by atoms with E-state index >= 15 is 0 Å². The van der Waals surface area contributed by atoms with Crippen LogP contribution in [-0.2, 0) is 12.1 Å². The van der Waals surface area contributed by atoms with Crippen LogP contribution in [0.5, 0.6) is 5.75 Å². The van der Waals surface area contributed by atoms with Crippen molar-refractivity contribution in [2.45, 2.75) is 18.6 Å². The summed E-state index contributed by atoms with van der Waals surface area (Å²) in [5.41, 5.74) is 7.15. The van der Waals surface area contributed by atoms with Gasteiger partial charge in [-0.15, -0.1) is 0 Å². The number of aliphatic hydroxyl groups is 2. The number of benzene rings is 2. The molecule has 0 aliphatic heterocycles. The van der Waals surface area contributed by atoms with E-state index in [0.29, 0.717) is 18.8 Å². The number of nitrogens with two attached hydrogens (primary N) is 1. The lowest BCUT2D eigenvalue weighted by molar-refractivity contribution is 0.162. The highest BCUT2D eigenvalue weighted by Crippen LogP contribution is 2.22. The molecule has 0 amide bonds. The van der Waals surface area contributed by atoms with Gasteiger partial charge in [-0.3, -0.25) is 0 Å². The lowest BCUT2D eigenvalue weighted by atomic mass is 9.89. The fourth-order valence-corrected chi connectivity index (χ4v) is 2.17. The molecule has 112 valence electrons. The molecule has 2 rings (SSSR count). The summed E-state index contributed by atoms with van der Waals surface area (Å²) in [5, 5.41) is 18.7. The minimum absolute atomic E-state index is 0.0152. The van der Waals surface area contributed by atoms with E-state index in [0.717, 1.165) is 11.1 Å². The van der Waals surface area contributed by atoms with Crippen LogP contribution in [0.2, 0.25) is 0 Å². The van der Waals surface area contributed by atoms with E-state index in [1.165, 1.54) is 0 Å². The molecule has 1 atom stereocenters. The van der Waals surface area contributed by atoms with Gasteiger partial charge in [-0.2, -0.15) is 0 Å². The van der Waals surface area contributed by atoms with Crippen LogP contribution in [0.3, 0.4) is 0 Å². The maximum Gasteiger partial charge on any atom is 0.119 e. The van der Waals surface area contributed by atoms with Crippen molar-refractivity contribution in [1.29, 1.82) is 0 Å². The first-order valence-corrected chi connectivity index (χ1v) is 6.96. The van der Waals surface area contributed by atoms with E-state index in [1.807, 2.05) is 48.5 Å². The summed E-state index contributed by atoms with van der Waals surface area (Å²) in [6.45, 7) is 0.233. The highest BCUT2D eigenvalue weighted by atomic mass is 16.5. The van der Waals surface area contributed by atoms with Gasteiger partial charge in [-0.1, -0.05) is 42.5 Å². The Kier molecular flexibility index (Phi) is 5.33. The molecule has 2 aromatic carbocycles. The maximum absolute atomic E-state index is 9.60. The standard InChI is InChI=1S/C17H21NO3/c18-17(13-20,15-6-2-1-3-7-15)9-10-21-16-8-4-5-14(11-16)12-19/h1-8,11,19-20H,9-10,12-13,18H2. The molecule has 1 unspecified atom stereocenters. The number of rotatable bonds is 7. The van der Waals surface area contributed by atoms with Crippen molar-refractivity contribution in [3.63, 3.8) is 0 Å². The zero-order valence-corrected chi connectivity index (χ0v) is 11.9. The normalized spacial score (nSPS) is 13.7. The second kappa shape index (κ2) is 7.22. The Morgan fingerprint density at radius 2 is 1.76 bits per heavy atom. The minimum atomic E-state index is -0.810. The largest absolute Gasteiger partial charge is 0.494 e. The molecule has 0 saturated carbocycles. The van der Waals surface area contributed by atoms with Crippen molar-refractivity contribution in [2.75, 3.05) is 13.2 Å². The summed E-state index contributed by atoms with van der Waals surface area (Å²) in [6, 6.07) is 16.8. The number of aliphatic hydroxyl groups excluding tert-OH is 2. The second-order valence-electron chi connectivity index (χ2n) is 5.08. The molecule has 0 spiro atoms. The predicted octanol–water partition coefficient (Wildman–Crippen LogP) is 1.79. The highest BCUT2D eigenvalue weighted by Gasteiger charge is 2.26. The molecular weight excluding hydrogens is 266 g/mol. The van der Waals surface area contributed by atoms with E-state index in [2.05, 4.69) is 0 Å². The van der Waals surface area contributed by atoms with E-state index in [1.54, 1.807) is 6.07 Å². The van der Waals surface area contributed by atoms with Crippen LogP contribution in [0.15, 0.2) is 54.6 Å². The monoisotopic (exact) mass is 287 g/mol. The van der Waals surface area contributed by atoms with Crippen molar-refractivity contribution in [1.82, 2.24) is 0 Å². The minimum Gasteiger partial charge on any atom is -0.494 e. The molecule has 21 heavy (non-hydrogen) atoms. The third kappa shape index (κ3) is 4.04. The predicted molar refractivity (Wildman–Crippen MR) is 81.9 cm³/mol. The Hall–Kier alpha value is -1.88. The second-order valence-corrected chi connectivity index (χ2v) is 5.08. The molecule has 0 heterocycles. The summed E-state index contributed by atoms with van der Waals surface area (Å²) < 4.78 is 5.67. The van der Waals surface area contributed by atoms with Gasteiger partial charge >= 0.3 is 0 Å². The summed E-state index contributed by atoms with van der Waals surface area (Å²) in [6.07, 6.45) is 0.497. The van der Waals surface area contributed by atoms with Gasteiger partial charge < -0.3 is 20.7 Å². The number of hydrogen-bond donors (Lipinski definition) is 3. The van der Waals surface area contributed by atoms with Gasteiger partial charge in [-0.25, -0.2) is 0 Å². The molecule has 0 fully saturated rings. The number of ether oxygens (including phenoxy) is 1. The third-order valence-electron chi connectivity index (χ3n) is 3.53. The van der Waals surface area contributed by atoms with Crippen LogP contribution in [0.1, 0.15) is 17.5 Å². The van der Waals surface area contributed by atoms with E-state index in [4.69, 9.17) is 15.6 Å². The lowest BCUT2D eigenvalue weighted by Crippen LogP contribution is -2.41. The summed E-state index contributed by atoms with van der Waals surface area (Å²) in [4.78, 5) is 0. The Morgan fingerprint density at radius 3 is 2.43 bits per heavy atom. The molecule has 0 aliphatic carbocycles. The summed E-state index contributed by atoms with van der Waals surface area (Å²) in [7, 11) is 0. The van der Waals surface area contributed by atoms with Gasteiger partial charge in [0.25, 0.3) is 0 Å². The van der Waals surface area contributed by atoms with E-state index < -0.39 is 5.54 Å². The zero-order valence-electron chi connectivity index (χ0n) is 11.9. The molecular formula is C17H21NO3. The number of hydrogen-bond acceptors (Lipinski definition) is 4. The molecule has 4 heteroatoms. The van der Waals surface area contributed by atoms with Crippen molar-refractivity contribution in [3.05, 3.63) is 65.7 Å². The van der Waals surface area contributed by atoms with Crippen LogP contribution in [0, 0.1) is 0 Å².